The van der Waals surface area contributed by atoms with Crippen molar-refractivity contribution in [2.45, 2.75) is 20.0 Å². The third kappa shape index (κ3) is 4.67. The summed E-state index contributed by atoms with van der Waals surface area (Å²) in [4.78, 5) is 19.6. The van der Waals surface area contributed by atoms with Crippen LogP contribution in [0.5, 0.6) is 0 Å². The summed E-state index contributed by atoms with van der Waals surface area (Å²) in [5.41, 5.74) is 3.70. The molecule has 0 fully saturated rings. The van der Waals surface area contributed by atoms with Crippen molar-refractivity contribution in [2.24, 2.45) is 0 Å². The van der Waals surface area contributed by atoms with E-state index in [0.29, 0.717) is 23.8 Å². The van der Waals surface area contributed by atoms with Crippen molar-refractivity contribution in [3.8, 4) is 11.4 Å². The number of hydrogen-bond acceptors (Lipinski definition) is 6. The van der Waals surface area contributed by atoms with Gasteiger partial charge in [0.25, 0.3) is 5.69 Å². The number of nitrogens with zero attached hydrogens (tertiary/aromatic N) is 5. The summed E-state index contributed by atoms with van der Waals surface area (Å²) in [6.07, 6.45) is 3.70. The highest BCUT2D eigenvalue weighted by atomic mass is 16.6. The minimum Gasteiger partial charge on any atom is -0.366 e. The molecule has 1 N–H and O–H groups in total. The van der Waals surface area contributed by atoms with Gasteiger partial charge in [-0.05, 0) is 24.1 Å². The SMILES string of the molecule is Cc1cc(NCc2ccc(Cn3cccn3)cc2)nc(-c2cccc([N+](=O)[O-])c2)n1. The minimum absolute atomic E-state index is 0.0160. The fourth-order valence-corrected chi connectivity index (χ4v) is 3.08. The van der Waals surface area contributed by atoms with Crippen LogP contribution in [0.3, 0.4) is 0 Å². The quantitative estimate of drug-likeness (QED) is 0.368. The molecule has 4 aromatic rings. The molecule has 0 saturated heterocycles. The van der Waals surface area contributed by atoms with Gasteiger partial charge >= 0.3 is 0 Å². The van der Waals surface area contributed by atoms with Crippen LogP contribution in [-0.4, -0.2) is 24.7 Å². The first-order valence-corrected chi connectivity index (χ1v) is 9.46. The van der Waals surface area contributed by atoms with Crippen LogP contribution in [0.4, 0.5) is 11.5 Å². The van der Waals surface area contributed by atoms with Crippen molar-refractivity contribution >= 4 is 11.5 Å². The van der Waals surface area contributed by atoms with Crippen LogP contribution in [-0.2, 0) is 13.1 Å². The fraction of sp³-hybridized carbons (Fsp3) is 0.136. The Morgan fingerprint density at radius 1 is 1.03 bits per heavy atom. The molecule has 2 aromatic heterocycles. The molecule has 8 nitrogen and oxygen atoms in total. The molecule has 0 amide bonds. The summed E-state index contributed by atoms with van der Waals surface area (Å²) >= 11 is 0. The maximum absolute atomic E-state index is 11.0. The van der Waals surface area contributed by atoms with Gasteiger partial charge in [0.05, 0.1) is 11.5 Å². The van der Waals surface area contributed by atoms with Gasteiger partial charge in [0, 0.05) is 48.4 Å². The zero-order valence-corrected chi connectivity index (χ0v) is 16.4. The van der Waals surface area contributed by atoms with Crippen molar-refractivity contribution in [1.82, 2.24) is 19.7 Å². The molecule has 0 aliphatic rings. The molecule has 4 rings (SSSR count). The predicted molar refractivity (Wildman–Crippen MR) is 114 cm³/mol. The number of rotatable bonds is 7. The highest BCUT2D eigenvalue weighted by molar-refractivity contribution is 5.61. The van der Waals surface area contributed by atoms with E-state index in [9.17, 15) is 10.1 Å². The first-order valence-electron chi connectivity index (χ1n) is 9.46. The summed E-state index contributed by atoms with van der Waals surface area (Å²) < 4.78 is 1.88. The summed E-state index contributed by atoms with van der Waals surface area (Å²) in [7, 11) is 0. The largest absolute Gasteiger partial charge is 0.366 e. The van der Waals surface area contributed by atoms with E-state index in [0.717, 1.165) is 17.8 Å². The van der Waals surface area contributed by atoms with Crippen molar-refractivity contribution in [2.75, 3.05) is 5.32 Å². The zero-order chi connectivity index (χ0) is 20.9. The lowest BCUT2D eigenvalue weighted by molar-refractivity contribution is -0.384. The van der Waals surface area contributed by atoms with Crippen LogP contribution in [0.1, 0.15) is 16.8 Å². The normalized spacial score (nSPS) is 10.7. The van der Waals surface area contributed by atoms with E-state index in [2.05, 4.69) is 44.6 Å². The highest BCUT2D eigenvalue weighted by Gasteiger charge is 2.10. The van der Waals surface area contributed by atoms with E-state index in [1.165, 1.54) is 17.7 Å². The van der Waals surface area contributed by atoms with Crippen LogP contribution in [0.15, 0.2) is 73.1 Å². The second kappa shape index (κ2) is 8.52. The summed E-state index contributed by atoms with van der Waals surface area (Å²) in [5, 5.41) is 18.6. The van der Waals surface area contributed by atoms with E-state index >= 15 is 0 Å². The standard InChI is InChI=1S/C22H20N6O2/c1-16-12-21(26-22(25-16)19-4-2-5-20(13-19)28(29)30)23-14-17-6-8-18(9-7-17)15-27-11-3-10-24-27/h2-13H,14-15H2,1H3,(H,23,25,26). The molecule has 30 heavy (non-hydrogen) atoms. The Kier molecular flexibility index (Phi) is 5.47. The average Bonchev–Trinajstić information content (AvgIpc) is 3.26. The van der Waals surface area contributed by atoms with Crippen molar-refractivity contribution in [1.29, 1.82) is 0 Å². The number of benzene rings is 2. The molecular formula is C22H20N6O2. The topological polar surface area (TPSA) is 98.8 Å². The minimum atomic E-state index is -0.422. The van der Waals surface area contributed by atoms with E-state index in [-0.39, 0.29) is 5.69 Å². The lowest BCUT2D eigenvalue weighted by atomic mass is 10.1. The molecule has 2 aromatic carbocycles. The Morgan fingerprint density at radius 2 is 1.83 bits per heavy atom. The van der Waals surface area contributed by atoms with Crippen LogP contribution in [0, 0.1) is 17.0 Å². The maximum atomic E-state index is 11.0. The van der Waals surface area contributed by atoms with Crippen molar-refractivity contribution < 1.29 is 4.92 Å². The number of anilines is 1. The van der Waals surface area contributed by atoms with E-state index in [1.807, 2.05) is 29.9 Å². The van der Waals surface area contributed by atoms with Gasteiger partial charge in [0.15, 0.2) is 5.82 Å². The van der Waals surface area contributed by atoms with Gasteiger partial charge in [-0.25, -0.2) is 9.97 Å². The van der Waals surface area contributed by atoms with Gasteiger partial charge in [-0.2, -0.15) is 5.10 Å². The Morgan fingerprint density at radius 3 is 2.57 bits per heavy atom. The fourth-order valence-electron chi connectivity index (χ4n) is 3.08. The second-order valence-corrected chi connectivity index (χ2v) is 6.90. The molecule has 2 heterocycles. The Bertz CT molecular complexity index is 1160. The first-order chi connectivity index (χ1) is 14.6. The number of aromatic nitrogens is 4. The number of hydrogen-bond donors (Lipinski definition) is 1. The van der Waals surface area contributed by atoms with E-state index < -0.39 is 4.92 Å². The summed E-state index contributed by atoms with van der Waals surface area (Å²) in [6.45, 7) is 3.21. The number of non-ortho nitro benzene ring substituents is 1. The third-order valence-corrected chi connectivity index (χ3v) is 4.57. The second-order valence-electron chi connectivity index (χ2n) is 6.90. The molecule has 0 aliphatic carbocycles. The van der Waals surface area contributed by atoms with Crippen molar-refractivity contribution in [3.63, 3.8) is 0 Å². The van der Waals surface area contributed by atoms with Gasteiger partial charge in [0.2, 0.25) is 0 Å². The number of nitrogens with one attached hydrogen (secondary N) is 1. The Hall–Kier alpha value is -4.07. The Labute approximate surface area is 173 Å². The molecule has 0 spiro atoms. The predicted octanol–water partition coefficient (Wildman–Crippen LogP) is 4.22. The van der Waals surface area contributed by atoms with E-state index in [4.69, 9.17) is 0 Å². The number of nitro groups is 1. The molecule has 0 saturated carbocycles. The van der Waals surface area contributed by atoms with E-state index in [1.54, 1.807) is 18.3 Å². The highest BCUT2D eigenvalue weighted by Crippen LogP contribution is 2.22. The van der Waals surface area contributed by atoms with Gasteiger partial charge < -0.3 is 5.32 Å². The van der Waals surface area contributed by atoms with Gasteiger partial charge in [-0.15, -0.1) is 0 Å². The Balaban J connectivity index is 1.46. The summed E-state index contributed by atoms with van der Waals surface area (Å²) in [5.74, 6) is 1.13. The zero-order valence-electron chi connectivity index (χ0n) is 16.4. The first kappa shape index (κ1) is 19.3. The van der Waals surface area contributed by atoms with Gasteiger partial charge in [0.1, 0.15) is 5.82 Å². The average molecular weight is 400 g/mol. The molecule has 0 aliphatic heterocycles. The van der Waals surface area contributed by atoms with Gasteiger partial charge in [-0.1, -0.05) is 36.4 Å². The molecule has 0 bridgehead atoms. The lowest BCUT2D eigenvalue weighted by Crippen LogP contribution is -2.05. The molecule has 8 heteroatoms. The van der Waals surface area contributed by atoms with Gasteiger partial charge in [-0.3, -0.25) is 14.8 Å². The molecule has 0 atom stereocenters. The van der Waals surface area contributed by atoms with Crippen LogP contribution in [0.25, 0.3) is 11.4 Å². The molecule has 0 radical (unpaired) electrons. The summed E-state index contributed by atoms with van der Waals surface area (Å²) in [6, 6.07) is 18.4. The molecular weight excluding hydrogens is 380 g/mol. The number of nitro benzene ring substituents is 1. The molecule has 150 valence electrons. The monoisotopic (exact) mass is 400 g/mol. The van der Waals surface area contributed by atoms with Crippen molar-refractivity contribution in [3.05, 3.63) is 100.0 Å². The van der Waals surface area contributed by atoms with Crippen LogP contribution >= 0.6 is 0 Å². The smallest absolute Gasteiger partial charge is 0.270 e. The third-order valence-electron chi connectivity index (χ3n) is 4.57. The van der Waals surface area contributed by atoms with Crippen LogP contribution in [0.2, 0.25) is 0 Å². The lowest BCUT2D eigenvalue weighted by Gasteiger charge is -2.10. The van der Waals surface area contributed by atoms with Crippen LogP contribution < -0.4 is 5.32 Å². The molecule has 0 unspecified atom stereocenters. The number of aryl methyl sites for hydroxylation is 1. The maximum Gasteiger partial charge on any atom is 0.270 e.